The lowest BCUT2D eigenvalue weighted by Gasteiger charge is -2.15. The molecule has 0 saturated heterocycles. The van der Waals surface area contributed by atoms with Gasteiger partial charge in [-0.15, -0.1) is 0 Å². The Balaban J connectivity index is 1.75. The minimum atomic E-state index is 0.304. The highest BCUT2D eigenvalue weighted by Gasteiger charge is 2.36. The van der Waals surface area contributed by atoms with Gasteiger partial charge in [0, 0.05) is 5.92 Å². The van der Waals surface area contributed by atoms with Crippen molar-refractivity contribution in [3.05, 3.63) is 29.7 Å². The molecule has 3 rings (SSSR count). The normalized spacial score (nSPS) is 28.4. The summed E-state index contributed by atoms with van der Waals surface area (Å²) in [6, 6.07) is 3.77. The predicted octanol–water partition coefficient (Wildman–Crippen LogP) is 3.83. The molecule has 2 aliphatic carbocycles. The van der Waals surface area contributed by atoms with Gasteiger partial charge in [-0.2, -0.15) is 0 Å². The van der Waals surface area contributed by atoms with Gasteiger partial charge in [-0.1, -0.05) is 12.8 Å². The van der Waals surface area contributed by atoms with Gasteiger partial charge in [0.2, 0.25) is 0 Å². The number of carbonyl (C=O) groups is 1. The maximum Gasteiger partial charge on any atom is 0.162 e. The van der Waals surface area contributed by atoms with Gasteiger partial charge in [0.15, 0.2) is 5.78 Å². The molecule has 1 aromatic rings. The molecule has 0 spiro atoms. The van der Waals surface area contributed by atoms with Crippen LogP contribution in [0.25, 0.3) is 6.08 Å². The maximum atomic E-state index is 12.3. The molecule has 2 heteroatoms. The van der Waals surface area contributed by atoms with Crippen molar-refractivity contribution in [2.75, 3.05) is 0 Å². The smallest absolute Gasteiger partial charge is 0.162 e. The lowest BCUT2D eigenvalue weighted by molar-refractivity contribution is -0.119. The van der Waals surface area contributed by atoms with E-state index in [-0.39, 0.29) is 0 Å². The lowest BCUT2D eigenvalue weighted by Crippen LogP contribution is -2.16. The average molecular weight is 230 g/mol. The van der Waals surface area contributed by atoms with E-state index in [4.69, 9.17) is 4.42 Å². The fourth-order valence-corrected chi connectivity index (χ4v) is 3.30. The molecule has 2 aliphatic rings. The van der Waals surface area contributed by atoms with Crippen LogP contribution < -0.4 is 0 Å². The number of carbonyl (C=O) groups excluding carboxylic acids is 1. The van der Waals surface area contributed by atoms with E-state index < -0.39 is 0 Å². The van der Waals surface area contributed by atoms with Crippen molar-refractivity contribution in [1.29, 1.82) is 0 Å². The van der Waals surface area contributed by atoms with E-state index in [1.165, 1.54) is 25.7 Å². The van der Waals surface area contributed by atoms with Crippen LogP contribution in [0.15, 0.2) is 28.4 Å². The van der Waals surface area contributed by atoms with Crippen LogP contribution in [0.3, 0.4) is 0 Å². The van der Waals surface area contributed by atoms with E-state index in [1.807, 2.05) is 18.2 Å². The summed E-state index contributed by atoms with van der Waals surface area (Å²) < 4.78 is 5.28. The van der Waals surface area contributed by atoms with Crippen molar-refractivity contribution >= 4 is 11.9 Å². The van der Waals surface area contributed by atoms with Crippen LogP contribution in [0, 0.1) is 11.8 Å². The van der Waals surface area contributed by atoms with E-state index in [2.05, 4.69) is 0 Å². The summed E-state index contributed by atoms with van der Waals surface area (Å²) >= 11 is 0. The van der Waals surface area contributed by atoms with Gasteiger partial charge < -0.3 is 4.42 Å². The highest BCUT2D eigenvalue weighted by molar-refractivity contribution is 6.03. The van der Waals surface area contributed by atoms with Gasteiger partial charge in [0.1, 0.15) is 5.76 Å². The molecule has 2 nitrogen and oxygen atoms in total. The molecule has 0 unspecified atom stereocenters. The third-order valence-corrected chi connectivity index (χ3v) is 4.21. The molecule has 90 valence electrons. The molecule has 17 heavy (non-hydrogen) atoms. The Hall–Kier alpha value is -1.31. The minimum Gasteiger partial charge on any atom is -0.465 e. The quantitative estimate of drug-likeness (QED) is 0.723. The summed E-state index contributed by atoms with van der Waals surface area (Å²) in [4.78, 5) is 12.3. The van der Waals surface area contributed by atoms with E-state index in [0.717, 1.165) is 24.2 Å². The lowest BCUT2D eigenvalue weighted by atomic mass is 9.88. The largest absolute Gasteiger partial charge is 0.465 e. The SMILES string of the molecule is O=C1/C(=C/c2ccco2)CC[C@@H]1C1CCCC1. The number of rotatable bonds is 2. The highest BCUT2D eigenvalue weighted by Crippen LogP contribution is 2.40. The molecule has 1 heterocycles. The van der Waals surface area contributed by atoms with E-state index in [0.29, 0.717) is 17.6 Å². The van der Waals surface area contributed by atoms with Gasteiger partial charge in [-0.05, 0) is 55.4 Å². The summed E-state index contributed by atoms with van der Waals surface area (Å²) in [5.74, 6) is 2.15. The van der Waals surface area contributed by atoms with Crippen LogP contribution in [0.4, 0.5) is 0 Å². The van der Waals surface area contributed by atoms with Gasteiger partial charge in [-0.3, -0.25) is 4.79 Å². The molecular formula is C15H18O2. The van der Waals surface area contributed by atoms with Gasteiger partial charge in [0.05, 0.1) is 6.26 Å². The summed E-state index contributed by atoms with van der Waals surface area (Å²) in [5.41, 5.74) is 0.969. The topological polar surface area (TPSA) is 30.2 Å². The molecule has 1 aromatic heterocycles. The zero-order chi connectivity index (χ0) is 11.7. The summed E-state index contributed by atoms with van der Waals surface area (Å²) in [6.07, 6.45) is 10.7. The maximum absolute atomic E-state index is 12.3. The Morgan fingerprint density at radius 1 is 1.24 bits per heavy atom. The molecule has 2 saturated carbocycles. The fourth-order valence-electron chi connectivity index (χ4n) is 3.30. The van der Waals surface area contributed by atoms with E-state index in [9.17, 15) is 4.79 Å². The van der Waals surface area contributed by atoms with Crippen LogP contribution in [0.5, 0.6) is 0 Å². The van der Waals surface area contributed by atoms with Crippen LogP contribution in [0.1, 0.15) is 44.3 Å². The Morgan fingerprint density at radius 2 is 2.06 bits per heavy atom. The van der Waals surface area contributed by atoms with Gasteiger partial charge in [-0.25, -0.2) is 0 Å². The number of furan rings is 1. The Bertz CT molecular complexity index is 422. The number of allylic oxidation sites excluding steroid dienone is 1. The van der Waals surface area contributed by atoms with Gasteiger partial charge >= 0.3 is 0 Å². The predicted molar refractivity (Wildman–Crippen MR) is 66.4 cm³/mol. The molecule has 0 amide bonds. The second kappa shape index (κ2) is 4.52. The number of hydrogen-bond donors (Lipinski definition) is 0. The monoisotopic (exact) mass is 230 g/mol. The number of hydrogen-bond acceptors (Lipinski definition) is 2. The number of Topliss-reactive ketones (excluding diaryl/α,β-unsaturated/α-hetero) is 1. The first-order chi connectivity index (χ1) is 8.34. The highest BCUT2D eigenvalue weighted by atomic mass is 16.3. The molecule has 0 aliphatic heterocycles. The summed E-state index contributed by atoms with van der Waals surface area (Å²) in [7, 11) is 0. The zero-order valence-corrected chi connectivity index (χ0v) is 10.0. The first-order valence-electron chi connectivity index (χ1n) is 6.63. The summed E-state index contributed by atoms with van der Waals surface area (Å²) in [5, 5.41) is 0. The van der Waals surface area contributed by atoms with E-state index in [1.54, 1.807) is 6.26 Å². The van der Waals surface area contributed by atoms with Crippen molar-refractivity contribution in [3.8, 4) is 0 Å². The average Bonchev–Trinajstić information content (AvgIpc) is 3.03. The van der Waals surface area contributed by atoms with Crippen LogP contribution in [-0.2, 0) is 4.79 Å². The molecule has 2 fully saturated rings. The zero-order valence-electron chi connectivity index (χ0n) is 10.0. The van der Waals surface area contributed by atoms with Crippen molar-refractivity contribution in [1.82, 2.24) is 0 Å². The van der Waals surface area contributed by atoms with Crippen LogP contribution in [-0.4, -0.2) is 5.78 Å². The fraction of sp³-hybridized carbons (Fsp3) is 0.533. The van der Waals surface area contributed by atoms with Crippen LogP contribution >= 0.6 is 0 Å². The second-order valence-corrected chi connectivity index (χ2v) is 5.24. The Kier molecular flexibility index (Phi) is 2.87. The first kappa shape index (κ1) is 10.8. The molecular weight excluding hydrogens is 212 g/mol. The molecule has 0 aromatic carbocycles. The van der Waals surface area contributed by atoms with Crippen molar-refractivity contribution < 1.29 is 9.21 Å². The Labute approximate surface area is 102 Å². The standard InChI is InChI=1S/C15H18O2/c16-15-12(10-13-6-3-9-17-13)7-8-14(15)11-4-1-2-5-11/h3,6,9-11,14H,1-2,4-5,7-8H2/b12-10+/t14-/m1/s1. The molecule has 0 N–H and O–H groups in total. The number of ketones is 1. The van der Waals surface area contributed by atoms with E-state index >= 15 is 0 Å². The van der Waals surface area contributed by atoms with Crippen molar-refractivity contribution in [3.63, 3.8) is 0 Å². The van der Waals surface area contributed by atoms with Crippen molar-refractivity contribution in [2.45, 2.75) is 38.5 Å². The third kappa shape index (κ3) is 2.08. The molecule has 0 radical (unpaired) electrons. The minimum absolute atomic E-state index is 0.304. The Morgan fingerprint density at radius 3 is 2.76 bits per heavy atom. The third-order valence-electron chi connectivity index (χ3n) is 4.21. The summed E-state index contributed by atoms with van der Waals surface area (Å²) in [6.45, 7) is 0. The first-order valence-corrected chi connectivity index (χ1v) is 6.63. The second-order valence-electron chi connectivity index (χ2n) is 5.24. The van der Waals surface area contributed by atoms with Crippen molar-refractivity contribution in [2.24, 2.45) is 11.8 Å². The van der Waals surface area contributed by atoms with Crippen LogP contribution in [0.2, 0.25) is 0 Å². The van der Waals surface area contributed by atoms with Gasteiger partial charge in [0.25, 0.3) is 0 Å². The molecule has 1 atom stereocenters. The molecule has 0 bridgehead atoms.